The fourth-order valence-corrected chi connectivity index (χ4v) is 7.01. The van der Waals surface area contributed by atoms with Crippen LogP contribution in [0.4, 0.5) is 5.00 Å². The van der Waals surface area contributed by atoms with Crippen molar-refractivity contribution in [3.8, 4) is 0 Å². The Morgan fingerprint density at radius 2 is 1.68 bits per heavy atom. The van der Waals surface area contributed by atoms with Crippen molar-refractivity contribution in [1.82, 2.24) is 14.1 Å². The first-order valence-electron chi connectivity index (χ1n) is 11.1. The first-order valence-corrected chi connectivity index (χ1v) is 13.4. The van der Waals surface area contributed by atoms with Gasteiger partial charge in [-0.15, -0.1) is 11.3 Å². The van der Waals surface area contributed by atoms with Gasteiger partial charge in [-0.25, -0.2) is 8.42 Å². The number of nitrogens with zero attached hydrogens (tertiary/aromatic N) is 3. The lowest BCUT2D eigenvalue weighted by molar-refractivity contribution is -0.129. The number of thiophene rings is 1. The Bertz CT molecular complexity index is 1230. The summed E-state index contributed by atoms with van der Waals surface area (Å²) in [6.07, 6.45) is 2.24. The Labute approximate surface area is 203 Å². The third-order valence-electron chi connectivity index (χ3n) is 6.17. The monoisotopic (exact) mass is 504 g/mol. The molecule has 1 aromatic heterocycles. The van der Waals surface area contributed by atoms with Crippen LogP contribution in [-0.4, -0.2) is 74.0 Å². The first kappa shape index (κ1) is 24.4. The average Bonchev–Trinajstić information content (AvgIpc) is 3.46. The number of fused-ring (bicyclic) bond motifs is 1. The molecule has 0 unspecified atom stereocenters. The maximum Gasteiger partial charge on any atom is 0.256 e. The number of carbonyl (C=O) groups is 3. The Balaban J connectivity index is 1.59. The topological polar surface area (TPSA) is 107 Å². The zero-order valence-electron chi connectivity index (χ0n) is 19.5. The zero-order chi connectivity index (χ0) is 24.6. The SMILES string of the molecule is CC(=O)N1CCc2c(sc(NC(=O)c3ccc(S(=O)(=O)N4CCCC4)cc3)c2C(=O)N(C)C)C1. The number of rotatable bonds is 5. The normalized spacial score (nSPS) is 16.3. The van der Waals surface area contributed by atoms with E-state index in [9.17, 15) is 22.8 Å². The lowest BCUT2D eigenvalue weighted by atomic mass is 10.0. The lowest BCUT2D eigenvalue weighted by Gasteiger charge is -2.26. The third-order valence-corrected chi connectivity index (χ3v) is 9.21. The zero-order valence-corrected chi connectivity index (χ0v) is 21.1. The summed E-state index contributed by atoms with van der Waals surface area (Å²) in [7, 11) is -0.251. The van der Waals surface area contributed by atoms with E-state index in [0.717, 1.165) is 23.3 Å². The van der Waals surface area contributed by atoms with Gasteiger partial charge in [0.05, 0.1) is 17.0 Å². The molecule has 0 atom stereocenters. The highest BCUT2D eigenvalue weighted by molar-refractivity contribution is 7.89. The molecule has 2 aromatic rings. The van der Waals surface area contributed by atoms with Crippen LogP contribution in [0.2, 0.25) is 0 Å². The van der Waals surface area contributed by atoms with E-state index in [1.54, 1.807) is 19.0 Å². The highest BCUT2D eigenvalue weighted by Gasteiger charge is 2.31. The van der Waals surface area contributed by atoms with E-state index in [1.807, 2.05) is 0 Å². The molecule has 0 aliphatic carbocycles. The molecule has 4 rings (SSSR count). The number of carbonyl (C=O) groups excluding carboxylic acids is 3. The standard InChI is InChI=1S/C23H28N4O5S2/c1-15(28)26-13-10-18-19(14-26)33-22(20(18)23(30)25(2)3)24-21(29)16-6-8-17(9-7-16)34(31,32)27-11-4-5-12-27/h6-9H,4-5,10-14H2,1-3H3,(H,24,29). The van der Waals surface area contributed by atoms with Crippen molar-refractivity contribution in [3.63, 3.8) is 0 Å². The van der Waals surface area contributed by atoms with Gasteiger partial charge in [-0.2, -0.15) is 4.31 Å². The molecule has 1 aromatic carbocycles. The molecule has 0 radical (unpaired) electrons. The molecule has 0 spiro atoms. The molecular weight excluding hydrogens is 476 g/mol. The van der Waals surface area contributed by atoms with Crippen molar-refractivity contribution in [2.75, 3.05) is 39.0 Å². The number of sulfonamides is 1. The quantitative estimate of drug-likeness (QED) is 0.673. The third kappa shape index (κ3) is 4.59. The fraction of sp³-hybridized carbons (Fsp3) is 0.435. The van der Waals surface area contributed by atoms with Crippen LogP contribution in [0, 0.1) is 0 Å². The molecule has 0 bridgehead atoms. The second kappa shape index (κ2) is 9.47. The van der Waals surface area contributed by atoms with Crippen LogP contribution in [0.15, 0.2) is 29.2 Å². The number of nitrogens with one attached hydrogen (secondary N) is 1. The van der Waals surface area contributed by atoms with Gasteiger partial charge in [0.15, 0.2) is 0 Å². The summed E-state index contributed by atoms with van der Waals surface area (Å²) in [5.41, 5.74) is 1.61. The number of benzene rings is 1. The minimum atomic E-state index is -3.56. The van der Waals surface area contributed by atoms with E-state index in [4.69, 9.17) is 0 Å². The second-order valence-electron chi connectivity index (χ2n) is 8.69. The average molecular weight is 505 g/mol. The van der Waals surface area contributed by atoms with Gasteiger partial charge in [-0.05, 0) is 49.1 Å². The summed E-state index contributed by atoms with van der Waals surface area (Å²) in [6.45, 7) is 3.46. The summed E-state index contributed by atoms with van der Waals surface area (Å²) >= 11 is 1.30. The highest BCUT2D eigenvalue weighted by atomic mass is 32.2. The minimum Gasteiger partial charge on any atom is -0.345 e. The highest BCUT2D eigenvalue weighted by Crippen LogP contribution is 2.38. The van der Waals surface area contributed by atoms with E-state index in [2.05, 4.69) is 5.32 Å². The molecule has 11 heteroatoms. The molecule has 9 nitrogen and oxygen atoms in total. The number of hydrogen-bond donors (Lipinski definition) is 1. The maximum atomic E-state index is 13.0. The van der Waals surface area contributed by atoms with Crippen LogP contribution in [0.25, 0.3) is 0 Å². The molecule has 34 heavy (non-hydrogen) atoms. The molecule has 182 valence electrons. The molecule has 3 heterocycles. The van der Waals surface area contributed by atoms with Crippen LogP contribution in [0.5, 0.6) is 0 Å². The molecule has 2 aliphatic rings. The summed E-state index contributed by atoms with van der Waals surface area (Å²) in [6, 6.07) is 5.85. The fourth-order valence-electron chi connectivity index (χ4n) is 4.24. The predicted octanol–water partition coefficient (Wildman–Crippen LogP) is 2.39. The lowest BCUT2D eigenvalue weighted by Crippen LogP contribution is -2.34. The Kier molecular flexibility index (Phi) is 6.79. The number of amides is 3. The van der Waals surface area contributed by atoms with E-state index >= 15 is 0 Å². The number of anilines is 1. The maximum absolute atomic E-state index is 13.0. The van der Waals surface area contributed by atoms with E-state index in [1.165, 1.54) is 51.7 Å². The van der Waals surface area contributed by atoms with Gasteiger partial charge in [0.25, 0.3) is 11.8 Å². The van der Waals surface area contributed by atoms with E-state index in [0.29, 0.717) is 48.7 Å². The van der Waals surface area contributed by atoms with Crippen LogP contribution in [-0.2, 0) is 27.8 Å². The summed E-state index contributed by atoms with van der Waals surface area (Å²) in [5, 5.41) is 3.28. The van der Waals surface area contributed by atoms with E-state index < -0.39 is 15.9 Å². The largest absolute Gasteiger partial charge is 0.345 e. The van der Waals surface area contributed by atoms with Crippen molar-refractivity contribution in [2.45, 2.75) is 37.6 Å². The van der Waals surface area contributed by atoms with Crippen molar-refractivity contribution < 1.29 is 22.8 Å². The Hall–Kier alpha value is -2.76. The van der Waals surface area contributed by atoms with Crippen LogP contribution in [0.3, 0.4) is 0 Å². The minimum absolute atomic E-state index is 0.0332. The van der Waals surface area contributed by atoms with Crippen molar-refractivity contribution in [1.29, 1.82) is 0 Å². The van der Waals surface area contributed by atoms with Crippen LogP contribution < -0.4 is 5.32 Å². The van der Waals surface area contributed by atoms with E-state index in [-0.39, 0.29) is 16.7 Å². The van der Waals surface area contributed by atoms with Gasteiger partial charge < -0.3 is 15.1 Å². The first-order chi connectivity index (χ1) is 16.1. The summed E-state index contributed by atoms with van der Waals surface area (Å²) in [4.78, 5) is 42.0. The number of hydrogen-bond acceptors (Lipinski definition) is 6. The molecule has 2 aliphatic heterocycles. The van der Waals surface area contributed by atoms with Gasteiger partial charge in [-0.1, -0.05) is 0 Å². The molecule has 1 N–H and O–H groups in total. The van der Waals surface area contributed by atoms with Crippen molar-refractivity contribution in [2.24, 2.45) is 0 Å². The molecule has 1 saturated heterocycles. The van der Waals surface area contributed by atoms with Crippen molar-refractivity contribution in [3.05, 3.63) is 45.8 Å². The van der Waals surface area contributed by atoms with Gasteiger partial charge in [-0.3, -0.25) is 14.4 Å². The molecule has 3 amide bonds. The van der Waals surface area contributed by atoms with Gasteiger partial charge in [0.2, 0.25) is 15.9 Å². The van der Waals surface area contributed by atoms with Gasteiger partial charge in [0.1, 0.15) is 5.00 Å². The van der Waals surface area contributed by atoms with Gasteiger partial charge in [0, 0.05) is 51.1 Å². The molecule has 1 fully saturated rings. The van der Waals surface area contributed by atoms with Crippen LogP contribution >= 0.6 is 11.3 Å². The second-order valence-corrected chi connectivity index (χ2v) is 11.7. The summed E-state index contributed by atoms with van der Waals surface area (Å²) < 4.78 is 26.9. The summed E-state index contributed by atoms with van der Waals surface area (Å²) in [5.74, 6) is -0.676. The Morgan fingerprint density at radius 1 is 1.03 bits per heavy atom. The Morgan fingerprint density at radius 3 is 2.26 bits per heavy atom. The van der Waals surface area contributed by atoms with Crippen LogP contribution in [0.1, 0.15) is 50.9 Å². The van der Waals surface area contributed by atoms with Gasteiger partial charge >= 0.3 is 0 Å². The van der Waals surface area contributed by atoms with Crippen molar-refractivity contribution >= 4 is 44.1 Å². The smallest absolute Gasteiger partial charge is 0.256 e. The predicted molar refractivity (Wildman–Crippen MR) is 130 cm³/mol. The molecule has 0 saturated carbocycles. The molecular formula is C23H28N4O5S2.